The van der Waals surface area contributed by atoms with Crippen LogP contribution in [0.3, 0.4) is 0 Å². The predicted molar refractivity (Wildman–Crippen MR) is 101 cm³/mol. The van der Waals surface area contributed by atoms with Crippen molar-refractivity contribution < 1.29 is 18.7 Å². The summed E-state index contributed by atoms with van der Waals surface area (Å²) in [7, 11) is 0. The van der Waals surface area contributed by atoms with E-state index in [9.17, 15) is 14.3 Å². The molecule has 7 heteroatoms. The fourth-order valence-electron chi connectivity index (χ4n) is 3.25. The zero-order chi connectivity index (χ0) is 19.6. The molecule has 27 heavy (non-hydrogen) atoms. The second kappa shape index (κ2) is 7.98. The van der Waals surface area contributed by atoms with Crippen molar-refractivity contribution in [3.05, 3.63) is 81.3 Å². The summed E-state index contributed by atoms with van der Waals surface area (Å²) in [4.78, 5) is 11.8. The summed E-state index contributed by atoms with van der Waals surface area (Å²) in [6.45, 7) is 4.56. The molecule has 2 N–H and O–H groups in total. The van der Waals surface area contributed by atoms with Crippen LogP contribution in [0.2, 0.25) is 5.02 Å². The first-order valence-corrected chi connectivity index (χ1v) is 8.85. The minimum absolute atomic E-state index is 0.168. The van der Waals surface area contributed by atoms with E-state index in [0.29, 0.717) is 34.9 Å². The third-order valence-corrected chi connectivity index (χ3v) is 5.04. The van der Waals surface area contributed by atoms with Crippen LogP contribution in [0.1, 0.15) is 38.6 Å². The van der Waals surface area contributed by atoms with Crippen molar-refractivity contribution in [1.29, 1.82) is 0 Å². The fraction of sp³-hybridized carbons (Fsp3) is 0.250. The van der Waals surface area contributed by atoms with Crippen LogP contribution in [-0.2, 0) is 19.6 Å². The van der Waals surface area contributed by atoms with Crippen molar-refractivity contribution in [3.8, 4) is 0 Å². The third-order valence-electron chi connectivity index (χ3n) is 4.68. The van der Waals surface area contributed by atoms with E-state index in [1.165, 1.54) is 6.07 Å². The van der Waals surface area contributed by atoms with E-state index >= 15 is 0 Å². The van der Waals surface area contributed by atoms with Crippen LogP contribution in [0.4, 0.5) is 4.39 Å². The maximum absolute atomic E-state index is 14.2. The highest BCUT2D eigenvalue weighted by Crippen LogP contribution is 2.27. The standard InChI is InChI=1S/C20H20ClFN2O3/c1-12-15(10-23-9-14-5-4-8-27-14)19(20(25)26)13(2)24(12)11-16-17(21)6-3-7-18(16)22/h3-8,23H,9-11H2,1-2H3,(H,25,26). The topological polar surface area (TPSA) is 67.4 Å². The smallest absolute Gasteiger partial charge is 0.337 e. The Hall–Kier alpha value is -2.57. The fourth-order valence-corrected chi connectivity index (χ4v) is 3.47. The second-order valence-electron chi connectivity index (χ2n) is 6.30. The molecule has 2 heterocycles. The Kier molecular flexibility index (Phi) is 5.68. The number of carbonyl (C=O) groups is 1. The van der Waals surface area contributed by atoms with E-state index < -0.39 is 11.8 Å². The van der Waals surface area contributed by atoms with Gasteiger partial charge in [-0.2, -0.15) is 0 Å². The highest BCUT2D eigenvalue weighted by Gasteiger charge is 2.23. The molecule has 3 rings (SSSR count). The number of halogens is 2. The molecule has 142 valence electrons. The first-order valence-electron chi connectivity index (χ1n) is 8.48. The van der Waals surface area contributed by atoms with Gasteiger partial charge in [0.05, 0.1) is 24.9 Å². The third kappa shape index (κ3) is 3.91. The predicted octanol–water partition coefficient (Wildman–Crippen LogP) is 4.53. The molecule has 0 fully saturated rings. The molecule has 0 aliphatic rings. The largest absolute Gasteiger partial charge is 0.478 e. The Balaban J connectivity index is 1.92. The molecule has 0 radical (unpaired) electrons. The molecule has 0 saturated carbocycles. The van der Waals surface area contributed by atoms with Gasteiger partial charge in [-0.1, -0.05) is 17.7 Å². The summed E-state index contributed by atoms with van der Waals surface area (Å²) in [6, 6.07) is 8.15. The van der Waals surface area contributed by atoms with Crippen LogP contribution in [0.5, 0.6) is 0 Å². The molecule has 0 unspecified atom stereocenters. The summed E-state index contributed by atoms with van der Waals surface area (Å²) >= 11 is 6.14. The van der Waals surface area contributed by atoms with Crippen molar-refractivity contribution in [1.82, 2.24) is 9.88 Å². The van der Waals surface area contributed by atoms with Gasteiger partial charge in [0.25, 0.3) is 0 Å². The molecular formula is C20H20ClFN2O3. The van der Waals surface area contributed by atoms with Crippen molar-refractivity contribution >= 4 is 17.6 Å². The Bertz CT molecular complexity index is 944. The lowest BCUT2D eigenvalue weighted by Crippen LogP contribution is -2.15. The summed E-state index contributed by atoms with van der Waals surface area (Å²) in [5.41, 5.74) is 2.56. The lowest BCUT2D eigenvalue weighted by Gasteiger charge is -2.12. The number of aromatic nitrogens is 1. The lowest BCUT2D eigenvalue weighted by molar-refractivity contribution is 0.0694. The molecule has 1 aromatic carbocycles. The Labute approximate surface area is 161 Å². The Morgan fingerprint density at radius 2 is 1.96 bits per heavy atom. The number of nitrogens with one attached hydrogen (secondary N) is 1. The molecule has 5 nitrogen and oxygen atoms in total. The van der Waals surface area contributed by atoms with Crippen LogP contribution in [0.15, 0.2) is 41.0 Å². The first kappa shape index (κ1) is 19.2. The van der Waals surface area contributed by atoms with E-state index in [-0.39, 0.29) is 12.1 Å². The van der Waals surface area contributed by atoms with Crippen LogP contribution >= 0.6 is 11.6 Å². The zero-order valence-corrected chi connectivity index (χ0v) is 15.8. The number of carboxylic acid groups (broad SMARTS) is 1. The molecule has 0 amide bonds. The summed E-state index contributed by atoms with van der Waals surface area (Å²) in [5.74, 6) is -0.660. The van der Waals surface area contributed by atoms with Gasteiger partial charge in [0, 0.05) is 34.1 Å². The average Bonchev–Trinajstić information content (AvgIpc) is 3.20. The molecule has 0 bridgehead atoms. The lowest BCUT2D eigenvalue weighted by atomic mass is 10.1. The molecule has 0 atom stereocenters. The van der Waals surface area contributed by atoms with Crippen LogP contribution in [0, 0.1) is 19.7 Å². The second-order valence-corrected chi connectivity index (χ2v) is 6.71. The van der Waals surface area contributed by atoms with E-state index in [2.05, 4.69) is 5.32 Å². The van der Waals surface area contributed by atoms with Gasteiger partial charge in [0.15, 0.2) is 0 Å². The molecule has 0 saturated heterocycles. The number of hydrogen-bond acceptors (Lipinski definition) is 3. The van der Waals surface area contributed by atoms with Crippen LogP contribution < -0.4 is 5.32 Å². The van der Waals surface area contributed by atoms with Crippen molar-refractivity contribution in [2.45, 2.75) is 33.5 Å². The SMILES string of the molecule is Cc1c(CNCc2ccco2)c(C(=O)O)c(C)n1Cc1c(F)cccc1Cl. The monoisotopic (exact) mass is 390 g/mol. The molecule has 2 aromatic heterocycles. The van der Waals surface area contributed by atoms with Gasteiger partial charge in [-0.25, -0.2) is 9.18 Å². The van der Waals surface area contributed by atoms with E-state index in [4.69, 9.17) is 16.0 Å². The quantitative estimate of drug-likeness (QED) is 0.622. The van der Waals surface area contributed by atoms with Gasteiger partial charge in [0.1, 0.15) is 11.6 Å². The average molecular weight is 391 g/mol. The van der Waals surface area contributed by atoms with Gasteiger partial charge in [0.2, 0.25) is 0 Å². The van der Waals surface area contributed by atoms with Crippen molar-refractivity contribution in [3.63, 3.8) is 0 Å². The maximum Gasteiger partial charge on any atom is 0.337 e. The Morgan fingerprint density at radius 1 is 1.19 bits per heavy atom. The van der Waals surface area contributed by atoms with Crippen LogP contribution in [-0.4, -0.2) is 15.6 Å². The zero-order valence-electron chi connectivity index (χ0n) is 15.1. The van der Waals surface area contributed by atoms with E-state index in [0.717, 1.165) is 11.5 Å². The molecule has 0 aliphatic heterocycles. The number of rotatable bonds is 7. The normalized spacial score (nSPS) is 11.1. The first-order chi connectivity index (χ1) is 12.9. The van der Waals surface area contributed by atoms with Crippen molar-refractivity contribution in [2.24, 2.45) is 0 Å². The molecule has 0 aliphatic carbocycles. The maximum atomic E-state index is 14.2. The number of nitrogens with zero attached hydrogens (tertiary/aromatic N) is 1. The molecular weight excluding hydrogens is 371 g/mol. The highest BCUT2D eigenvalue weighted by atomic mass is 35.5. The van der Waals surface area contributed by atoms with Gasteiger partial charge in [-0.05, 0) is 38.1 Å². The number of carboxylic acids is 1. The summed E-state index contributed by atoms with van der Waals surface area (Å²) in [5, 5.41) is 13.2. The molecule has 0 spiro atoms. The Morgan fingerprint density at radius 3 is 2.59 bits per heavy atom. The van der Waals surface area contributed by atoms with Gasteiger partial charge < -0.3 is 19.4 Å². The summed E-state index contributed by atoms with van der Waals surface area (Å²) < 4.78 is 21.3. The number of furan rings is 1. The highest BCUT2D eigenvalue weighted by molar-refractivity contribution is 6.31. The van der Waals surface area contributed by atoms with Crippen LogP contribution in [0.25, 0.3) is 0 Å². The minimum atomic E-state index is -1.01. The van der Waals surface area contributed by atoms with Crippen molar-refractivity contribution in [2.75, 3.05) is 0 Å². The van der Waals surface area contributed by atoms with E-state index in [1.807, 2.05) is 13.0 Å². The number of hydrogen-bond donors (Lipinski definition) is 2. The van der Waals surface area contributed by atoms with Gasteiger partial charge in [-0.3, -0.25) is 0 Å². The van der Waals surface area contributed by atoms with E-state index in [1.54, 1.807) is 36.0 Å². The summed E-state index contributed by atoms with van der Waals surface area (Å²) in [6.07, 6.45) is 1.59. The van der Waals surface area contributed by atoms with Gasteiger partial charge >= 0.3 is 5.97 Å². The minimum Gasteiger partial charge on any atom is -0.478 e. The number of aromatic carboxylic acids is 1. The van der Waals surface area contributed by atoms with Gasteiger partial charge in [-0.15, -0.1) is 0 Å². The molecule has 3 aromatic rings. The number of benzene rings is 1.